The van der Waals surface area contributed by atoms with Gasteiger partial charge in [-0.05, 0) is 80.5 Å². The maximum absolute atomic E-state index is 12.7. The number of esters is 1. The Labute approximate surface area is 124 Å². The first kappa shape index (κ1) is 13.1. The lowest BCUT2D eigenvalue weighted by atomic mass is 9.49. The molecular weight excluding hydrogens is 264 g/mol. The molecule has 21 heavy (non-hydrogen) atoms. The Morgan fingerprint density at radius 1 is 1.00 bits per heavy atom. The fraction of sp³-hybridized carbons (Fsp3) is 0.556. The van der Waals surface area contributed by atoms with Crippen molar-refractivity contribution in [1.82, 2.24) is 0 Å². The van der Waals surface area contributed by atoms with Crippen LogP contribution in [-0.2, 0) is 4.79 Å². The molecule has 4 aliphatic carbocycles. The molecule has 4 fully saturated rings. The van der Waals surface area contributed by atoms with Crippen LogP contribution >= 0.6 is 0 Å². The van der Waals surface area contributed by atoms with Crippen molar-refractivity contribution in [3.05, 3.63) is 29.8 Å². The summed E-state index contributed by atoms with van der Waals surface area (Å²) < 4.78 is 5.64. The number of aldehydes is 1. The molecule has 0 heterocycles. The number of carbonyl (C=O) groups is 2. The van der Waals surface area contributed by atoms with Crippen LogP contribution in [0.3, 0.4) is 0 Å². The number of rotatable bonds is 3. The number of hydrogen-bond acceptors (Lipinski definition) is 3. The van der Waals surface area contributed by atoms with Crippen molar-refractivity contribution in [2.75, 3.05) is 0 Å². The Morgan fingerprint density at radius 2 is 1.52 bits per heavy atom. The van der Waals surface area contributed by atoms with Gasteiger partial charge in [0.1, 0.15) is 12.0 Å². The average Bonchev–Trinajstić information content (AvgIpc) is 2.46. The molecule has 4 bridgehead atoms. The van der Waals surface area contributed by atoms with Crippen LogP contribution < -0.4 is 4.74 Å². The zero-order valence-electron chi connectivity index (χ0n) is 12.1. The fourth-order valence-electron chi connectivity index (χ4n) is 5.19. The van der Waals surface area contributed by atoms with Gasteiger partial charge < -0.3 is 4.74 Å². The highest BCUT2D eigenvalue weighted by atomic mass is 16.5. The number of ether oxygens (including phenoxy) is 1. The zero-order chi connectivity index (χ0) is 14.4. The van der Waals surface area contributed by atoms with Gasteiger partial charge in [-0.15, -0.1) is 0 Å². The van der Waals surface area contributed by atoms with Gasteiger partial charge in [0.25, 0.3) is 0 Å². The molecule has 0 N–H and O–H groups in total. The van der Waals surface area contributed by atoms with Gasteiger partial charge in [-0.1, -0.05) is 0 Å². The van der Waals surface area contributed by atoms with E-state index in [4.69, 9.17) is 4.74 Å². The molecule has 0 spiro atoms. The van der Waals surface area contributed by atoms with Crippen molar-refractivity contribution in [1.29, 1.82) is 0 Å². The predicted molar refractivity (Wildman–Crippen MR) is 78.1 cm³/mol. The van der Waals surface area contributed by atoms with Gasteiger partial charge in [-0.2, -0.15) is 0 Å². The van der Waals surface area contributed by atoms with E-state index in [1.54, 1.807) is 24.3 Å². The minimum absolute atomic E-state index is 0.0412. The maximum atomic E-state index is 12.7. The molecule has 0 unspecified atom stereocenters. The Bertz CT molecular complexity index is 537. The van der Waals surface area contributed by atoms with E-state index < -0.39 is 0 Å². The van der Waals surface area contributed by atoms with E-state index in [2.05, 4.69) is 0 Å². The molecule has 0 radical (unpaired) electrons. The van der Waals surface area contributed by atoms with E-state index in [0.717, 1.165) is 43.3 Å². The third kappa shape index (κ3) is 2.19. The van der Waals surface area contributed by atoms with Gasteiger partial charge in [0.2, 0.25) is 0 Å². The van der Waals surface area contributed by atoms with E-state index in [-0.39, 0.29) is 11.4 Å². The van der Waals surface area contributed by atoms with Gasteiger partial charge in [0.15, 0.2) is 0 Å². The van der Waals surface area contributed by atoms with Crippen LogP contribution in [0.4, 0.5) is 0 Å². The number of hydrogen-bond donors (Lipinski definition) is 0. The SMILES string of the molecule is O=Cc1ccc(OC(=O)C23CC4CC(CC(C4)C2)C3)cc1. The molecule has 5 rings (SSSR count). The second-order valence-electron chi connectivity index (χ2n) is 7.27. The highest BCUT2D eigenvalue weighted by Crippen LogP contribution is 2.60. The van der Waals surface area contributed by atoms with Crippen molar-refractivity contribution in [3.8, 4) is 5.75 Å². The Kier molecular flexibility index (Phi) is 2.91. The summed E-state index contributed by atoms with van der Waals surface area (Å²) in [5, 5.41) is 0. The first-order valence-corrected chi connectivity index (χ1v) is 7.94. The van der Waals surface area contributed by atoms with Gasteiger partial charge in [0, 0.05) is 5.56 Å². The second kappa shape index (κ2) is 4.69. The fourth-order valence-corrected chi connectivity index (χ4v) is 5.19. The largest absolute Gasteiger partial charge is 0.426 e. The summed E-state index contributed by atoms with van der Waals surface area (Å²) in [7, 11) is 0. The van der Waals surface area contributed by atoms with E-state index in [1.807, 2.05) is 0 Å². The maximum Gasteiger partial charge on any atom is 0.317 e. The predicted octanol–water partition coefficient (Wildman–Crippen LogP) is 3.62. The molecular formula is C18H20O3. The standard InChI is InChI=1S/C18H20O3/c19-11-12-1-3-16(4-2-12)21-17(20)18-8-13-5-14(9-18)7-15(6-13)10-18/h1-4,11,13-15H,5-10H2. The first-order valence-electron chi connectivity index (χ1n) is 7.94. The number of carbonyl (C=O) groups excluding carboxylic acids is 2. The van der Waals surface area contributed by atoms with Crippen LogP contribution in [0.15, 0.2) is 24.3 Å². The Morgan fingerprint density at radius 3 is 2.00 bits per heavy atom. The molecule has 0 amide bonds. The number of benzene rings is 1. The molecule has 1 aromatic carbocycles. The summed E-state index contributed by atoms with van der Waals surface area (Å²) >= 11 is 0. The van der Waals surface area contributed by atoms with Crippen LogP contribution in [0.2, 0.25) is 0 Å². The third-order valence-corrected chi connectivity index (χ3v) is 5.70. The van der Waals surface area contributed by atoms with Crippen molar-refractivity contribution in [2.24, 2.45) is 23.2 Å². The molecule has 0 aromatic heterocycles. The van der Waals surface area contributed by atoms with Gasteiger partial charge >= 0.3 is 5.97 Å². The summed E-state index contributed by atoms with van der Waals surface area (Å²) in [6.07, 6.45) is 7.81. The molecule has 0 saturated heterocycles. The minimum atomic E-state index is -0.224. The summed E-state index contributed by atoms with van der Waals surface area (Å²) in [4.78, 5) is 23.4. The lowest BCUT2D eigenvalue weighted by molar-refractivity contribution is -0.161. The highest BCUT2D eigenvalue weighted by molar-refractivity contribution is 5.80. The molecule has 1 aromatic rings. The van der Waals surface area contributed by atoms with Gasteiger partial charge in [0.05, 0.1) is 5.41 Å². The van der Waals surface area contributed by atoms with Gasteiger partial charge in [-0.25, -0.2) is 0 Å². The van der Waals surface area contributed by atoms with E-state index >= 15 is 0 Å². The smallest absolute Gasteiger partial charge is 0.317 e. The van der Waals surface area contributed by atoms with Crippen molar-refractivity contribution < 1.29 is 14.3 Å². The van der Waals surface area contributed by atoms with Crippen LogP contribution in [0.5, 0.6) is 5.75 Å². The Balaban J connectivity index is 1.53. The zero-order valence-corrected chi connectivity index (χ0v) is 12.1. The first-order chi connectivity index (χ1) is 10.2. The van der Waals surface area contributed by atoms with E-state index in [1.165, 1.54) is 19.3 Å². The topological polar surface area (TPSA) is 43.4 Å². The third-order valence-electron chi connectivity index (χ3n) is 5.70. The van der Waals surface area contributed by atoms with Crippen molar-refractivity contribution in [2.45, 2.75) is 38.5 Å². The lowest BCUT2D eigenvalue weighted by Crippen LogP contribution is -2.51. The summed E-state index contributed by atoms with van der Waals surface area (Å²) in [5.74, 6) is 2.73. The monoisotopic (exact) mass is 284 g/mol. The van der Waals surface area contributed by atoms with Crippen molar-refractivity contribution in [3.63, 3.8) is 0 Å². The average molecular weight is 284 g/mol. The molecule has 0 atom stereocenters. The van der Waals surface area contributed by atoms with Crippen molar-refractivity contribution >= 4 is 12.3 Å². The van der Waals surface area contributed by atoms with Crippen LogP contribution in [-0.4, -0.2) is 12.3 Å². The normalized spacial score (nSPS) is 36.5. The summed E-state index contributed by atoms with van der Waals surface area (Å²) in [5.41, 5.74) is 0.377. The molecule has 110 valence electrons. The quantitative estimate of drug-likeness (QED) is 0.483. The molecule has 3 nitrogen and oxygen atoms in total. The summed E-state index contributed by atoms with van der Waals surface area (Å²) in [6.45, 7) is 0. The molecule has 4 saturated carbocycles. The van der Waals surface area contributed by atoms with E-state index in [0.29, 0.717) is 11.3 Å². The lowest BCUT2D eigenvalue weighted by Gasteiger charge is -2.55. The highest BCUT2D eigenvalue weighted by Gasteiger charge is 2.55. The summed E-state index contributed by atoms with van der Waals surface area (Å²) in [6, 6.07) is 6.80. The molecule has 3 heteroatoms. The van der Waals surface area contributed by atoms with Gasteiger partial charge in [-0.3, -0.25) is 9.59 Å². The Hall–Kier alpha value is -1.64. The minimum Gasteiger partial charge on any atom is -0.426 e. The van der Waals surface area contributed by atoms with Crippen LogP contribution in [0, 0.1) is 23.2 Å². The molecule has 4 aliphatic rings. The van der Waals surface area contributed by atoms with Crippen LogP contribution in [0.1, 0.15) is 48.9 Å². The molecule has 0 aliphatic heterocycles. The van der Waals surface area contributed by atoms with Crippen LogP contribution in [0.25, 0.3) is 0 Å². The second-order valence-corrected chi connectivity index (χ2v) is 7.27. The van der Waals surface area contributed by atoms with E-state index in [9.17, 15) is 9.59 Å².